The maximum atomic E-state index is 14.1. The van der Waals surface area contributed by atoms with Gasteiger partial charge < -0.3 is 5.32 Å². The zero-order valence-electron chi connectivity index (χ0n) is 19.6. The molecule has 0 radical (unpaired) electrons. The van der Waals surface area contributed by atoms with Crippen LogP contribution in [0.3, 0.4) is 0 Å². The first-order valence-electron chi connectivity index (χ1n) is 11.2. The third-order valence-electron chi connectivity index (χ3n) is 6.37. The predicted molar refractivity (Wildman–Crippen MR) is 136 cm³/mol. The van der Waals surface area contributed by atoms with E-state index in [1.807, 2.05) is 57.2 Å². The van der Waals surface area contributed by atoms with Gasteiger partial charge in [0.25, 0.3) is 5.91 Å². The lowest BCUT2D eigenvalue weighted by Gasteiger charge is -2.33. The van der Waals surface area contributed by atoms with Gasteiger partial charge in [-0.1, -0.05) is 29.8 Å². The molecule has 1 spiro atoms. The van der Waals surface area contributed by atoms with E-state index in [4.69, 9.17) is 0 Å². The molecule has 6 nitrogen and oxygen atoms in total. The number of anilines is 3. The Hall–Kier alpha value is -3.65. The average Bonchev–Trinajstić information content (AvgIpc) is 3.27. The number of hydrogen-bond acceptors (Lipinski definition) is 4. The molecule has 0 aliphatic carbocycles. The summed E-state index contributed by atoms with van der Waals surface area (Å²) in [7, 11) is 0. The number of hydrogen-bond donors (Lipinski definition) is 1. The van der Waals surface area contributed by atoms with Crippen molar-refractivity contribution in [3.05, 3.63) is 88.7 Å². The molecule has 0 bridgehead atoms. The highest BCUT2D eigenvalue weighted by Gasteiger charge is 2.61. The van der Waals surface area contributed by atoms with Crippen LogP contribution in [0.4, 0.5) is 21.5 Å². The number of nitrogens with one attached hydrogen (secondary N) is 1. The van der Waals surface area contributed by atoms with E-state index in [1.165, 1.54) is 45.8 Å². The van der Waals surface area contributed by atoms with Crippen molar-refractivity contribution in [2.24, 2.45) is 0 Å². The fourth-order valence-corrected chi connectivity index (χ4v) is 6.02. The van der Waals surface area contributed by atoms with Gasteiger partial charge in [0.15, 0.2) is 0 Å². The van der Waals surface area contributed by atoms with Crippen molar-refractivity contribution in [2.75, 3.05) is 27.4 Å². The highest BCUT2D eigenvalue weighted by Crippen LogP contribution is 2.55. The van der Waals surface area contributed by atoms with Gasteiger partial charge in [0.2, 0.25) is 16.7 Å². The Morgan fingerprint density at radius 3 is 2.43 bits per heavy atom. The molecule has 178 valence electrons. The monoisotopic (exact) mass is 489 g/mol. The van der Waals surface area contributed by atoms with Gasteiger partial charge in [-0.05, 0) is 68.3 Å². The molecule has 2 aliphatic heterocycles. The number of halogens is 1. The molecule has 1 unspecified atom stereocenters. The van der Waals surface area contributed by atoms with Crippen LogP contribution in [0.15, 0.2) is 60.7 Å². The minimum Gasteiger partial charge on any atom is -0.324 e. The molecular formula is C27H24FN3O3S. The fraction of sp³-hybridized carbons (Fsp3) is 0.222. The summed E-state index contributed by atoms with van der Waals surface area (Å²) in [6, 6.07) is 16.9. The largest absolute Gasteiger partial charge is 0.324 e. The summed E-state index contributed by atoms with van der Waals surface area (Å²) in [5, 5.41) is 2.92. The van der Waals surface area contributed by atoms with Gasteiger partial charge >= 0.3 is 0 Å². The van der Waals surface area contributed by atoms with Crippen molar-refractivity contribution >= 4 is 46.5 Å². The first kappa shape index (κ1) is 23.1. The fourth-order valence-electron chi connectivity index (χ4n) is 4.67. The lowest BCUT2D eigenvalue weighted by atomic mass is 10.0. The average molecular weight is 490 g/mol. The molecule has 5 rings (SSSR count). The minimum absolute atomic E-state index is 0.0963. The first-order valence-corrected chi connectivity index (χ1v) is 12.2. The van der Waals surface area contributed by atoms with Crippen LogP contribution in [0.1, 0.15) is 22.3 Å². The Bertz CT molecular complexity index is 1370. The van der Waals surface area contributed by atoms with Crippen LogP contribution in [0.2, 0.25) is 0 Å². The maximum Gasteiger partial charge on any atom is 0.269 e. The van der Waals surface area contributed by atoms with Gasteiger partial charge in [0, 0.05) is 16.9 Å². The van der Waals surface area contributed by atoms with Crippen LogP contribution in [-0.2, 0) is 19.3 Å². The summed E-state index contributed by atoms with van der Waals surface area (Å²) in [6.07, 6.45) is 0. The van der Waals surface area contributed by atoms with E-state index in [1.54, 1.807) is 0 Å². The summed E-state index contributed by atoms with van der Waals surface area (Å²) in [5.41, 5.74) is 5.23. The van der Waals surface area contributed by atoms with E-state index in [0.717, 1.165) is 16.7 Å². The molecule has 0 saturated carbocycles. The number of rotatable bonds is 4. The lowest BCUT2D eigenvalue weighted by Crippen LogP contribution is -2.50. The second-order valence-electron chi connectivity index (χ2n) is 8.92. The normalized spacial score (nSPS) is 19.0. The molecule has 3 aromatic carbocycles. The Kier molecular flexibility index (Phi) is 5.63. The number of benzene rings is 3. The lowest BCUT2D eigenvalue weighted by molar-refractivity contribution is -0.124. The number of amides is 3. The molecule has 1 fully saturated rings. The number of nitrogens with zero attached hydrogens (tertiary/aromatic N) is 2. The summed E-state index contributed by atoms with van der Waals surface area (Å²) in [5.74, 6) is -1.28. The first-order chi connectivity index (χ1) is 16.7. The zero-order chi connectivity index (χ0) is 24.9. The summed E-state index contributed by atoms with van der Waals surface area (Å²) in [4.78, 5) is 41.7. The Balaban J connectivity index is 1.54. The molecule has 3 amide bonds. The second-order valence-corrected chi connectivity index (χ2v) is 10.1. The molecule has 1 atom stereocenters. The van der Waals surface area contributed by atoms with E-state index >= 15 is 0 Å². The highest BCUT2D eigenvalue weighted by atomic mass is 32.2. The van der Waals surface area contributed by atoms with Crippen molar-refractivity contribution in [1.29, 1.82) is 0 Å². The van der Waals surface area contributed by atoms with E-state index < -0.39 is 10.7 Å². The van der Waals surface area contributed by atoms with Crippen LogP contribution in [-0.4, -0.2) is 30.0 Å². The second kappa shape index (κ2) is 8.53. The SMILES string of the molecule is Cc1ccc(C)c(NC(=O)CN2C(=O)C3(SCC(=O)N3c3ccc(F)cc3)c3cc(C)ccc32)c1. The Morgan fingerprint density at radius 2 is 1.69 bits per heavy atom. The highest BCUT2D eigenvalue weighted by molar-refractivity contribution is 8.02. The number of thioether (sulfide) groups is 1. The summed E-state index contributed by atoms with van der Waals surface area (Å²) < 4.78 is 13.6. The van der Waals surface area contributed by atoms with Crippen LogP contribution < -0.4 is 15.1 Å². The van der Waals surface area contributed by atoms with E-state index in [-0.39, 0.29) is 30.0 Å². The summed E-state index contributed by atoms with van der Waals surface area (Å²) in [6.45, 7) is 5.57. The van der Waals surface area contributed by atoms with Crippen molar-refractivity contribution in [1.82, 2.24) is 0 Å². The van der Waals surface area contributed by atoms with Crippen molar-refractivity contribution < 1.29 is 18.8 Å². The number of carbonyl (C=O) groups excluding carboxylic acids is 3. The van der Waals surface area contributed by atoms with E-state index in [0.29, 0.717) is 22.6 Å². The van der Waals surface area contributed by atoms with Crippen LogP contribution in [0.25, 0.3) is 0 Å². The van der Waals surface area contributed by atoms with Crippen molar-refractivity contribution in [2.45, 2.75) is 25.6 Å². The number of aryl methyl sites for hydroxylation is 3. The number of fused-ring (bicyclic) bond motifs is 2. The van der Waals surface area contributed by atoms with Gasteiger partial charge in [-0.2, -0.15) is 0 Å². The number of carbonyl (C=O) groups is 3. The third kappa shape index (κ3) is 3.78. The molecule has 2 aliphatic rings. The molecule has 2 heterocycles. The smallest absolute Gasteiger partial charge is 0.269 e. The van der Waals surface area contributed by atoms with E-state index in [2.05, 4.69) is 5.32 Å². The van der Waals surface area contributed by atoms with Crippen LogP contribution >= 0.6 is 11.8 Å². The van der Waals surface area contributed by atoms with Crippen LogP contribution in [0.5, 0.6) is 0 Å². The Morgan fingerprint density at radius 1 is 1.00 bits per heavy atom. The van der Waals surface area contributed by atoms with Gasteiger partial charge in [-0.3, -0.25) is 24.2 Å². The summed E-state index contributed by atoms with van der Waals surface area (Å²) >= 11 is 1.23. The molecule has 1 N–H and O–H groups in total. The van der Waals surface area contributed by atoms with Crippen LogP contribution in [0, 0.1) is 26.6 Å². The van der Waals surface area contributed by atoms with Gasteiger partial charge in [0.05, 0.1) is 11.4 Å². The maximum absolute atomic E-state index is 14.1. The standard InChI is InChI=1S/C27H24FN3O3S/c1-16-5-11-23-21(12-16)27(31(25(33)15-35-27)20-9-7-19(28)8-10-20)26(34)30(23)14-24(32)29-22-13-17(2)4-6-18(22)3/h4-13H,14-15H2,1-3H3,(H,29,32). The van der Waals surface area contributed by atoms with Gasteiger partial charge in [-0.15, -0.1) is 11.8 Å². The minimum atomic E-state index is -1.35. The molecule has 1 saturated heterocycles. The topological polar surface area (TPSA) is 69.7 Å². The molecule has 3 aromatic rings. The molecule has 35 heavy (non-hydrogen) atoms. The predicted octanol–water partition coefficient (Wildman–Crippen LogP) is 4.67. The van der Waals surface area contributed by atoms with E-state index in [9.17, 15) is 18.8 Å². The quantitative estimate of drug-likeness (QED) is 0.578. The molecule has 8 heteroatoms. The van der Waals surface area contributed by atoms with Crippen molar-refractivity contribution in [3.8, 4) is 0 Å². The third-order valence-corrected chi connectivity index (χ3v) is 7.75. The zero-order valence-corrected chi connectivity index (χ0v) is 20.4. The van der Waals surface area contributed by atoms with Gasteiger partial charge in [-0.25, -0.2) is 4.39 Å². The molecule has 0 aromatic heterocycles. The van der Waals surface area contributed by atoms with Gasteiger partial charge in [0.1, 0.15) is 12.4 Å². The van der Waals surface area contributed by atoms with Crippen molar-refractivity contribution in [3.63, 3.8) is 0 Å². The Labute approximate surface area is 207 Å². The molecular weight excluding hydrogens is 465 g/mol.